The lowest BCUT2D eigenvalue weighted by molar-refractivity contribution is -0.130. The first kappa shape index (κ1) is 13.0. The Hall–Kier alpha value is -1.00. The topological polar surface area (TPSA) is 32.3 Å². The van der Waals surface area contributed by atoms with Gasteiger partial charge in [-0.05, 0) is 24.7 Å². The molecule has 3 atom stereocenters. The SMILES string of the molecule is CSC1CCCC1N1CNC(c2ccccc2)C1=O. The summed E-state index contributed by atoms with van der Waals surface area (Å²) in [5.41, 5.74) is 1.08. The molecule has 3 unspecified atom stereocenters. The van der Waals surface area contributed by atoms with Gasteiger partial charge in [0.25, 0.3) is 0 Å². The summed E-state index contributed by atoms with van der Waals surface area (Å²) < 4.78 is 0. The first-order chi connectivity index (χ1) is 9.31. The van der Waals surface area contributed by atoms with Crippen molar-refractivity contribution in [1.82, 2.24) is 10.2 Å². The number of hydrogen-bond donors (Lipinski definition) is 1. The minimum Gasteiger partial charge on any atom is -0.324 e. The van der Waals surface area contributed by atoms with Gasteiger partial charge in [-0.2, -0.15) is 11.8 Å². The molecular weight excluding hydrogens is 256 g/mol. The summed E-state index contributed by atoms with van der Waals surface area (Å²) >= 11 is 1.90. The van der Waals surface area contributed by atoms with E-state index in [1.54, 1.807) is 0 Å². The van der Waals surface area contributed by atoms with E-state index in [2.05, 4.69) is 16.5 Å². The van der Waals surface area contributed by atoms with Crippen LogP contribution >= 0.6 is 11.8 Å². The van der Waals surface area contributed by atoms with Gasteiger partial charge in [0.1, 0.15) is 6.04 Å². The smallest absolute Gasteiger partial charge is 0.245 e. The predicted octanol–water partition coefficient (Wildman–Crippen LogP) is 2.40. The third-order valence-electron chi connectivity index (χ3n) is 4.25. The molecule has 1 aliphatic heterocycles. The summed E-state index contributed by atoms with van der Waals surface area (Å²) in [6.07, 6.45) is 5.80. The largest absolute Gasteiger partial charge is 0.324 e. The molecule has 1 heterocycles. The number of hydrogen-bond acceptors (Lipinski definition) is 3. The van der Waals surface area contributed by atoms with E-state index >= 15 is 0 Å². The van der Waals surface area contributed by atoms with E-state index in [9.17, 15) is 4.79 Å². The number of carbonyl (C=O) groups is 1. The summed E-state index contributed by atoms with van der Waals surface area (Å²) in [6.45, 7) is 0.695. The monoisotopic (exact) mass is 276 g/mol. The molecule has 3 rings (SSSR count). The summed E-state index contributed by atoms with van der Waals surface area (Å²) in [7, 11) is 0. The van der Waals surface area contributed by atoms with Crippen LogP contribution in [-0.4, -0.2) is 35.0 Å². The normalized spacial score (nSPS) is 31.1. The Morgan fingerprint density at radius 2 is 2.05 bits per heavy atom. The number of nitrogens with zero attached hydrogens (tertiary/aromatic N) is 1. The molecule has 4 heteroatoms. The van der Waals surface area contributed by atoms with Gasteiger partial charge < -0.3 is 4.90 Å². The highest BCUT2D eigenvalue weighted by atomic mass is 32.2. The number of benzene rings is 1. The number of nitrogens with one attached hydrogen (secondary N) is 1. The van der Waals surface area contributed by atoms with Crippen LogP contribution in [0.4, 0.5) is 0 Å². The molecule has 2 fully saturated rings. The zero-order valence-corrected chi connectivity index (χ0v) is 12.0. The molecule has 0 spiro atoms. The predicted molar refractivity (Wildman–Crippen MR) is 79.0 cm³/mol. The van der Waals surface area contributed by atoms with Gasteiger partial charge >= 0.3 is 0 Å². The number of carbonyl (C=O) groups excluding carboxylic acids is 1. The van der Waals surface area contributed by atoms with E-state index < -0.39 is 0 Å². The van der Waals surface area contributed by atoms with Crippen LogP contribution < -0.4 is 5.32 Å². The zero-order chi connectivity index (χ0) is 13.2. The van der Waals surface area contributed by atoms with Crippen molar-refractivity contribution in [2.24, 2.45) is 0 Å². The lowest BCUT2D eigenvalue weighted by Crippen LogP contribution is -2.41. The number of amides is 1. The Labute approximate surface area is 118 Å². The fourth-order valence-electron chi connectivity index (χ4n) is 3.25. The second kappa shape index (κ2) is 5.55. The molecule has 102 valence electrons. The fraction of sp³-hybridized carbons (Fsp3) is 0.533. The molecule has 1 aromatic carbocycles. The highest BCUT2D eigenvalue weighted by Gasteiger charge is 2.40. The van der Waals surface area contributed by atoms with Crippen molar-refractivity contribution in [3.05, 3.63) is 35.9 Å². The maximum Gasteiger partial charge on any atom is 0.245 e. The Balaban J connectivity index is 1.75. The molecular formula is C15H20N2OS. The van der Waals surface area contributed by atoms with Crippen LogP contribution in [0.1, 0.15) is 30.9 Å². The van der Waals surface area contributed by atoms with Crippen molar-refractivity contribution in [3.8, 4) is 0 Å². The van der Waals surface area contributed by atoms with Crippen molar-refractivity contribution in [2.45, 2.75) is 36.6 Å². The summed E-state index contributed by atoms with van der Waals surface area (Å²) in [5.74, 6) is 0.247. The van der Waals surface area contributed by atoms with Gasteiger partial charge in [0.15, 0.2) is 0 Å². The molecule has 1 aromatic rings. The maximum absolute atomic E-state index is 12.6. The molecule has 1 saturated carbocycles. The first-order valence-electron chi connectivity index (χ1n) is 6.93. The molecule has 2 aliphatic rings. The minimum absolute atomic E-state index is 0.149. The van der Waals surface area contributed by atoms with E-state index in [0.29, 0.717) is 18.0 Å². The van der Waals surface area contributed by atoms with Gasteiger partial charge in [-0.15, -0.1) is 0 Å². The van der Waals surface area contributed by atoms with Gasteiger partial charge in [-0.1, -0.05) is 36.8 Å². The highest BCUT2D eigenvalue weighted by molar-refractivity contribution is 7.99. The van der Waals surface area contributed by atoms with E-state index in [-0.39, 0.29) is 11.9 Å². The van der Waals surface area contributed by atoms with Crippen molar-refractivity contribution in [2.75, 3.05) is 12.9 Å². The third-order valence-corrected chi connectivity index (χ3v) is 5.40. The lowest BCUT2D eigenvalue weighted by Gasteiger charge is -2.28. The second-order valence-electron chi connectivity index (χ2n) is 5.29. The van der Waals surface area contributed by atoms with Crippen LogP contribution in [0.3, 0.4) is 0 Å². The van der Waals surface area contributed by atoms with Crippen LogP contribution in [0.25, 0.3) is 0 Å². The van der Waals surface area contributed by atoms with Gasteiger partial charge in [-0.25, -0.2) is 0 Å². The van der Waals surface area contributed by atoms with Gasteiger partial charge in [0.2, 0.25) is 5.91 Å². The Kier molecular flexibility index (Phi) is 3.80. The van der Waals surface area contributed by atoms with Crippen molar-refractivity contribution in [1.29, 1.82) is 0 Å². The van der Waals surface area contributed by atoms with Crippen LogP contribution in [0.5, 0.6) is 0 Å². The Bertz CT molecular complexity index is 451. The van der Waals surface area contributed by atoms with E-state index in [4.69, 9.17) is 0 Å². The van der Waals surface area contributed by atoms with Crippen LogP contribution in [0.15, 0.2) is 30.3 Å². The molecule has 1 aliphatic carbocycles. The van der Waals surface area contributed by atoms with E-state index in [1.807, 2.05) is 42.1 Å². The number of thioether (sulfide) groups is 1. The average Bonchev–Trinajstić information content (AvgIpc) is 3.05. The van der Waals surface area contributed by atoms with Crippen molar-refractivity contribution in [3.63, 3.8) is 0 Å². The molecule has 1 N–H and O–H groups in total. The van der Waals surface area contributed by atoms with Crippen molar-refractivity contribution < 1.29 is 4.79 Å². The maximum atomic E-state index is 12.6. The lowest BCUT2D eigenvalue weighted by atomic mass is 10.1. The molecule has 0 radical (unpaired) electrons. The summed E-state index contributed by atoms with van der Waals surface area (Å²) in [5, 5.41) is 3.97. The molecule has 3 nitrogen and oxygen atoms in total. The quantitative estimate of drug-likeness (QED) is 0.920. The fourth-order valence-corrected chi connectivity index (χ4v) is 4.24. The van der Waals surface area contributed by atoms with E-state index in [0.717, 1.165) is 12.0 Å². The van der Waals surface area contributed by atoms with Gasteiger partial charge in [-0.3, -0.25) is 10.1 Å². The van der Waals surface area contributed by atoms with Crippen molar-refractivity contribution >= 4 is 17.7 Å². The van der Waals surface area contributed by atoms with E-state index in [1.165, 1.54) is 12.8 Å². The van der Waals surface area contributed by atoms with Crippen LogP contribution in [-0.2, 0) is 4.79 Å². The average molecular weight is 276 g/mol. The minimum atomic E-state index is -0.149. The first-order valence-corrected chi connectivity index (χ1v) is 8.21. The molecule has 1 saturated heterocycles. The third kappa shape index (κ3) is 2.39. The molecule has 1 amide bonds. The Morgan fingerprint density at radius 3 is 2.79 bits per heavy atom. The summed E-state index contributed by atoms with van der Waals surface area (Å²) in [4.78, 5) is 14.7. The van der Waals surface area contributed by atoms with Crippen LogP contribution in [0.2, 0.25) is 0 Å². The van der Waals surface area contributed by atoms with Gasteiger partial charge in [0.05, 0.1) is 6.67 Å². The highest BCUT2D eigenvalue weighted by Crippen LogP contribution is 2.35. The van der Waals surface area contributed by atoms with Crippen LogP contribution in [0, 0.1) is 0 Å². The molecule has 0 aromatic heterocycles. The molecule has 0 bridgehead atoms. The van der Waals surface area contributed by atoms with Gasteiger partial charge in [0, 0.05) is 11.3 Å². The zero-order valence-electron chi connectivity index (χ0n) is 11.2. The Morgan fingerprint density at radius 1 is 1.26 bits per heavy atom. The second-order valence-corrected chi connectivity index (χ2v) is 6.36. The number of rotatable bonds is 3. The summed E-state index contributed by atoms with van der Waals surface area (Å²) in [6, 6.07) is 10.3. The standard InChI is InChI=1S/C15H20N2OS/c1-19-13-9-5-8-12(13)17-10-16-14(15(17)18)11-6-3-2-4-7-11/h2-4,6-7,12-14,16H,5,8-10H2,1H3. The molecule has 19 heavy (non-hydrogen) atoms.